The molecule has 1 fully saturated rings. The zero-order chi connectivity index (χ0) is 18.3. The molecule has 134 valence electrons. The molecule has 26 heavy (non-hydrogen) atoms. The van der Waals surface area contributed by atoms with Crippen LogP contribution in [-0.2, 0) is 0 Å². The van der Waals surface area contributed by atoms with E-state index in [0.717, 1.165) is 36.1 Å². The number of rotatable bonds is 3. The van der Waals surface area contributed by atoms with Crippen molar-refractivity contribution in [2.24, 2.45) is 0 Å². The van der Waals surface area contributed by atoms with Gasteiger partial charge in [-0.1, -0.05) is 38.1 Å². The summed E-state index contributed by atoms with van der Waals surface area (Å²) in [5, 5.41) is 7.96. The van der Waals surface area contributed by atoms with Crippen LogP contribution in [0.4, 0.5) is 0 Å². The van der Waals surface area contributed by atoms with E-state index in [9.17, 15) is 4.79 Å². The normalized spacial score (nSPS) is 17.4. The lowest BCUT2D eigenvalue weighted by Gasteiger charge is -2.25. The summed E-state index contributed by atoms with van der Waals surface area (Å²) in [5.41, 5.74) is 4.77. The van der Waals surface area contributed by atoms with Gasteiger partial charge in [-0.15, -0.1) is 0 Å². The minimum atomic E-state index is 0.0513. The summed E-state index contributed by atoms with van der Waals surface area (Å²) in [6.45, 7) is 7.10. The molecule has 1 aliphatic rings. The van der Waals surface area contributed by atoms with E-state index in [2.05, 4.69) is 53.3 Å². The number of carbonyl (C=O) groups is 1. The Labute approximate surface area is 153 Å². The Kier molecular flexibility index (Phi) is 4.23. The predicted octanol–water partition coefficient (Wildman–Crippen LogP) is 4.37. The molecule has 1 amide bonds. The molecule has 1 unspecified atom stereocenters. The van der Waals surface area contributed by atoms with Crippen molar-refractivity contribution >= 4 is 16.9 Å². The number of aromatic nitrogens is 3. The topological polar surface area (TPSA) is 61.9 Å². The Balaban J connectivity index is 1.62. The van der Waals surface area contributed by atoms with Crippen molar-refractivity contribution < 1.29 is 4.79 Å². The Morgan fingerprint density at radius 2 is 2.04 bits per heavy atom. The third-order valence-electron chi connectivity index (χ3n) is 5.36. The number of aromatic amines is 1. The highest BCUT2D eigenvalue weighted by molar-refractivity contribution is 5.97. The number of amides is 1. The van der Waals surface area contributed by atoms with Gasteiger partial charge in [-0.25, -0.2) is 4.98 Å². The van der Waals surface area contributed by atoms with Crippen molar-refractivity contribution in [2.75, 3.05) is 6.54 Å². The van der Waals surface area contributed by atoms with Crippen molar-refractivity contribution in [1.82, 2.24) is 20.1 Å². The van der Waals surface area contributed by atoms with Crippen LogP contribution in [-0.4, -0.2) is 32.5 Å². The van der Waals surface area contributed by atoms with E-state index in [1.54, 1.807) is 6.20 Å². The lowest BCUT2D eigenvalue weighted by atomic mass is 9.98. The quantitative estimate of drug-likeness (QED) is 0.764. The van der Waals surface area contributed by atoms with Crippen LogP contribution in [0.3, 0.4) is 0 Å². The zero-order valence-corrected chi connectivity index (χ0v) is 15.5. The maximum Gasteiger partial charge on any atom is 0.255 e. The molecule has 3 heterocycles. The average Bonchev–Trinajstić information content (AvgIpc) is 3.28. The number of nitrogens with one attached hydrogen (secondary N) is 1. The molecule has 3 aromatic rings. The van der Waals surface area contributed by atoms with Gasteiger partial charge in [-0.3, -0.25) is 9.89 Å². The summed E-state index contributed by atoms with van der Waals surface area (Å²) < 4.78 is 0. The van der Waals surface area contributed by atoms with E-state index in [-0.39, 0.29) is 11.9 Å². The Hall–Kier alpha value is -2.69. The van der Waals surface area contributed by atoms with E-state index < -0.39 is 0 Å². The van der Waals surface area contributed by atoms with Crippen LogP contribution in [0, 0.1) is 6.92 Å². The number of likely N-dealkylation sites (tertiary alicyclic amines) is 1. The number of fused-ring (bicyclic) bond motifs is 1. The molecule has 0 saturated carbocycles. The van der Waals surface area contributed by atoms with Crippen LogP contribution in [0.25, 0.3) is 11.0 Å². The fourth-order valence-corrected chi connectivity index (χ4v) is 3.77. The summed E-state index contributed by atoms with van der Waals surface area (Å²) in [5.74, 6) is 0.566. The van der Waals surface area contributed by atoms with Crippen molar-refractivity contribution in [3.8, 4) is 0 Å². The SMILES string of the molecule is Cc1n[nH]c2ncc(C(=O)N3CCCC3c3ccc(C(C)C)cc3)cc12. The van der Waals surface area contributed by atoms with Gasteiger partial charge in [-0.05, 0) is 42.9 Å². The minimum Gasteiger partial charge on any atom is -0.332 e. The molecule has 0 aliphatic carbocycles. The first kappa shape index (κ1) is 16.8. The first-order valence-corrected chi connectivity index (χ1v) is 9.26. The third kappa shape index (κ3) is 2.87. The number of pyridine rings is 1. The number of aryl methyl sites for hydroxylation is 1. The molecular weight excluding hydrogens is 324 g/mol. The van der Waals surface area contributed by atoms with Crippen LogP contribution in [0.5, 0.6) is 0 Å². The van der Waals surface area contributed by atoms with Gasteiger partial charge in [0.2, 0.25) is 0 Å². The van der Waals surface area contributed by atoms with Gasteiger partial charge in [-0.2, -0.15) is 5.10 Å². The van der Waals surface area contributed by atoms with Crippen LogP contribution in [0.1, 0.15) is 65.8 Å². The highest BCUT2D eigenvalue weighted by Crippen LogP contribution is 2.34. The van der Waals surface area contributed by atoms with E-state index >= 15 is 0 Å². The van der Waals surface area contributed by atoms with Crippen LogP contribution >= 0.6 is 0 Å². The minimum absolute atomic E-state index is 0.0513. The lowest BCUT2D eigenvalue weighted by molar-refractivity contribution is 0.0735. The fourth-order valence-electron chi connectivity index (χ4n) is 3.77. The second-order valence-electron chi connectivity index (χ2n) is 7.41. The smallest absolute Gasteiger partial charge is 0.255 e. The molecule has 1 N–H and O–H groups in total. The standard InChI is InChI=1S/C21H24N4O/c1-13(2)15-6-8-16(9-7-15)19-5-4-10-25(19)21(26)17-11-18-14(3)23-24-20(18)22-12-17/h6-9,11-13,19H,4-5,10H2,1-3H3,(H,22,23,24). The lowest BCUT2D eigenvalue weighted by Crippen LogP contribution is -2.30. The molecule has 0 spiro atoms. The molecule has 0 radical (unpaired) electrons. The van der Waals surface area contributed by atoms with Gasteiger partial charge in [0.05, 0.1) is 17.3 Å². The monoisotopic (exact) mass is 348 g/mol. The molecule has 0 bridgehead atoms. The summed E-state index contributed by atoms with van der Waals surface area (Å²) >= 11 is 0. The number of nitrogens with zero attached hydrogens (tertiary/aromatic N) is 3. The largest absolute Gasteiger partial charge is 0.332 e. The van der Waals surface area contributed by atoms with Crippen LogP contribution in [0.2, 0.25) is 0 Å². The Bertz CT molecular complexity index is 942. The molecule has 1 aromatic carbocycles. The number of carbonyl (C=O) groups excluding carboxylic acids is 1. The molecule has 1 aliphatic heterocycles. The van der Waals surface area contributed by atoms with E-state index in [0.29, 0.717) is 11.5 Å². The number of hydrogen-bond donors (Lipinski definition) is 1. The number of H-pyrrole nitrogens is 1. The van der Waals surface area contributed by atoms with Gasteiger partial charge >= 0.3 is 0 Å². The molecule has 5 heteroatoms. The Morgan fingerprint density at radius 3 is 2.77 bits per heavy atom. The van der Waals surface area contributed by atoms with Gasteiger partial charge in [0.1, 0.15) is 0 Å². The van der Waals surface area contributed by atoms with Crippen LogP contribution in [0.15, 0.2) is 36.5 Å². The first-order chi connectivity index (χ1) is 12.5. The van der Waals surface area contributed by atoms with Crippen LogP contribution < -0.4 is 0 Å². The second-order valence-corrected chi connectivity index (χ2v) is 7.41. The van der Waals surface area contributed by atoms with Gasteiger partial charge in [0.15, 0.2) is 5.65 Å². The predicted molar refractivity (Wildman–Crippen MR) is 102 cm³/mol. The second kappa shape index (κ2) is 6.56. The maximum absolute atomic E-state index is 13.1. The number of hydrogen-bond acceptors (Lipinski definition) is 3. The van der Waals surface area contributed by atoms with Gasteiger partial charge < -0.3 is 4.90 Å². The molecule has 1 atom stereocenters. The molecule has 1 saturated heterocycles. The van der Waals surface area contributed by atoms with Gasteiger partial charge in [0, 0.05) is 18.1 Å². The molecule has 2 aromatic heterocycles. The van der Waals surface area contributed by atoms with Crippen molar-refractivity contribution in [1.29, 1.82) is 0 Å². The van der Waals surface area contributed by atoms with Crippen molar-refractivity contribution in [3.63, 3.8) is 0 Å². The number of benzene rings is 1. The summed E-state index contributed by atoms with van der Waals surface area (Å²) in [7, 11) is 0. The third-order valence-corrected chi connectivity index (χ3v) is 5.36. The highest BCUT2D eigenvalue weighted by Gasteiger charge is 2.31. The van der Waals surface area contributed by atoms with Crippen molar-refractivity contribution in [3.05, 3.63) is 58.9 Å². The summed E-state index contributed by atoms with van der Waals surface area (Å²) in [4.78, 5) is 19.5. The van der Waals surface area contributed by atoms with E-state index in [1.807, 2.05) is 17.9 Å². The molecule has 4 rings (SSSR count). The first-order valence-electron chi connectivity index (χ1n) is 9.26. The van der Waals surface area contributed by atoms with E-state index in [4.69, 9.17) is 0 Å². The van der Waals surface area contributed by atoms with Gasteiger partial charge in [0.25, 0.3) is 5.91 Å². The van der Waals surface area contributed by atoms with Crippen molar-refractivity contribution in [2.45, 2.75) is 45.6 Å². The average molecular weight is 348 g/mol. The maximum atomic E-state index is 13.1. The fraction of sp³-hybridized carbons (Fsp3) is 0.381. The summed E-state index contributed by atoms with van der Waals surface area (Å²) in [6, 6.07) is 10.8. The summed E-state index contributed by atoms with van der Waals surface area (Å²) in [6.07, 6.45) is 3.69. The van der Waals surface area contributed by atoms with E-state index in [1.165, 1.54) is 11.1 Å². The zero-order valence-electron chi connectivity index (χ0n) is 15.5. The Morgan fingerprint density at radius 1 is 1.27 bits per heavy atom. The molecule has 5 nitrogen and oxygen atoms in total. The molecular formula is C21H24N4O. The highest BCUT2D eigenvalue weighted by atomic mass is 16.2.